The molecule has 3 heterocycles. The Hall–Kier alpha value is -2.70. The Labute approximate surface area is 197 Å². The van der Waals surface area contributed by atoms with Crippen molar-refractivity contribution in [3.63, 3.8) is 0 Å². The summed E-state index contributed by atoms with van der Waals surface area (Å²) in [6.07, 6.45) is 1.86. The van der Waals surface area contributed by atoms with Crippen molar-refractivity contribution in [3.8, 4) is 5.69 Å². The third-order valence-corrected chi connectivity index (χ3v) is 6.73. The molecule has 0 aliphatic carbocycles. The van der Waals surface area contributed by atoms with Crippen LogP contribution in [0.5, 0.6) is 0 Å². The van der Waals surface area contributed by atoms with Crippen molar-refractivity contribution in [1.82, 2.24) is 24.7 Å². The number of thiocarbonyl (C=S) groups is 1. The standard InChI is InChI=1S/C26H33N5S/c1-17-10-11-18(2)23(15-17)31-19(3)16-21(20(31)4)25-24(22-9-7-8-12-27-22)28-26(32)30(25)14-13-29(5)6/h7-12,15-16,24-25H,13-14H2,1-6H3,(H,28,32)/t24-,25+/m1/s1. The minimum Gasteiger partial charge on any atom is -0.352 e. The molecule has 0 spiro atoms. The Morgan fingerprint density at radius 2 is 1.84 bits per heavy atom. The lowest BCUT2D eigenvalue weighted by atomic mass is 9.96. The molecule has 4 rings (SSSR count). The molecule has 1 aliphatic heterocycles. The highest BCUT2D eigenvalue weighted by molar-refractivity contribution is 7.80. The van der Waals surface area contributed by atoms with E-state index in [-0.39, 0.29) is 12.1 Å². The van der Waals surface area contributed by atoms with E-state index in [0.29, 0.717) is 0 Å². The fraction of sp³-hybridized carbons (Fsp3) is 0.385. The Morgan fingerprint density at radius 1 is 1.06 bits per heavy atom. The molecule has 5 nitrogen and oxygen atoms in total. The molecule has 1 fully saturated rings. The van der Waals surface area contributed by atoms with Crippen molar-refractivity contribution in [1.29, 1.82) is 0 Å². The summed E-state index contributed by atoms with van der Waals surface area (Å²) in [5.74, 6) is 0. The van der Waals surface area contributed by atoms with Crippen LogP contribution in [0.1, 0.15) is 45.9 Å². The van der Waals surface area contributed by atoms with Gasteiger partial charge in [-0.15, -0.1) is 0 Å². The summed E-state index contributed by atoms with van der Waals surface area (Å²) in [6, 6.07) is 15.2. The van der Waals surface area contributed by atoms with Gasteiger partial charge >= 0.3 is 0 Å². The highest BCUT2D eigenvalue weighted by atomic mass is 32.1. The van der Waals surface area contributed by atoms with Crippen LogP contribution >= 0.6 is 12.2 Å². The first kappa shape index (κ1) is 22.5. The van der Waals surface area contributed by atoms with Crippen LogP contribution in [-0.2, 0) is 0 Å². The summed E-state index contributed by atoms with van der Waals surface area (Å²) in [7, 11) is 4.20. The van der Waals surface area contributed by atoms with Gasteiger partial charge in [0.2, 0.25) is 0 Å². The van der Waals surface area contributed by atoms with Crippen LogP contribution in [-0.4, -0.2) is 51.6 Å². The maximum atomic E-state index is 5.82. The van der Waals surface area contributed by atoms with Gasteiger partial charge in [-0.25, -0.2) is 0 Å². The summed E-state index contributed by atoms with van der Waals surface area (Å²) in [6.45, 7) is 10.5. The van der Waals surface area contributed by atoms with Crippen molar-refractivity contribution < 1.29 is 0 Å². The second kappa shape index (κ2) is 9.04. The third kappa shape index (κ3) is 4.17. The van der Waals surface area contributed by atoms with E-state index in [1.165, 1.54) is 33.8 Å². The van der Waals surface area contributed by atoms with Gasteiger partial charge in [-0.3, -0.25) is 4.98 Å². The molecule has 2 atom stereocenters. The second-order valence-electron chi connectivity index (χ2n) is 9.08. The van der Waals surface area contributed by atoms with Crippen LogP contribution in [0.3, 0.4) is 0 Å². The van der Waals surface area contributed by atoms with Gasteiger partial charge in [-0.1, -0.05) is 18.2 Å². The fourth-order valence-electron chi connectivity index (χ4n) is 4.71. The van der Waals surface area contributed by atoms with Crippen LogP contribution in [0.4, 0.5) is 0 Å². The molecular weight excluding hydrogens is 414 g/mol. The molecule has 1 aliphatic rings. The highest BCUT2D eigenvalue weighted by Gasteiger charge is 2.41. The lowest BCUT2D eigenvalue weighted by molar-refractivity contribution is 0.277. The normalized spacial score (nSPS) is 18.5. The van der Waals surface area contributed by atoms with Crippen molar-refractivity contribution in [2.75, 3.05) is 27.2 Å². The van der Waals surface area contributed by atoms with Gasteiger partial charge in [0.05, 0.1) is 17.8 Å². The van der Waals surface area contributed by atoms with Gasteiger partial charge in [-0.05, 0) is 95.0 Å². The highest BCUT2D eigenvalue weighted by Crippen LogP contribution is 2.41. The molecule has 0 saturated carbocycles. The molecule has 0 amide bonds. The molecule has 0 bridgehead atoms. The Bertz CT molecular complexity index is 1120. The quantitative estimate of drug-likeness (QED) is 0.557. The molecule has 1 saturated heterocycles. The van der Waals surface area contributed by atoms with E-state index in [1.807, 2.05) is 18.3 Å². The first-order valence-electron chi connectivity index (χ1n) is 11.2. The predicted octanol–water partition coefficient (Wildman–Crippen LogP) is 4.64. The SMILES string of the molecule is Cc1ccc(C)c(-n2c(C)cc([C@H]3[C@@H](c4ccccn4)NC(=S)N3CCN(C)C)c2C)c1. The Balaban J connectivity index is 1.83. The zero-order valence-corrected chi connectivity index (χ0v) is 20.7. The van der Waals surface area contributed by atoms with Gasteiger partial charge in [0.1, 0.15) is 0 Å². The number of benzene rings is 1. The van der Waals surface area contributed by atoms with E-state index in [0.717, 1.165) is 23.9 Å². The average molecular weight is 448 g/mol. The molecule has 0 unspecified atom stereocenters. The van der Waals surface area contributed by atoms with Crippen molar-refractivity contribution >= 4 is 17.3 Å². The number of aromatic nitrogens is 2. The molecule has 32 heavy (non-hydrogen) atoms. The molecular formula is C26H33N5S. The fourth-order valence-corrected chi connectivity index (χ4v) is 5.04. The van der Waals surface area contributed by atoms with Gasteiger partial charge < -0.3 is 19.7 Å². The molecule has 1 N–H and O–H groups in total. The molecule has 2 aromatic heterocycles. The monoisotopic (exact) mass is 447 g/mol. The van der Waals surface area contributed by atoms with Crippen molar-refractivity contribution in [2.45, 2.75) is 39.8 Å². The van der Waals surface area contributed by atoms with Crippen LogP contribution in [0, 0.1) is 27.7 Å². The van der Waals surface area contributed by atoms with Crippen LogP contribution in [0.15, 0.2) is 48.7 Å². The number of hydrogen-bond donors (Lipinski definition) is 1. The van der Waals surface area contributed by atoms with Gasteiger partial charge in [0, 0.05) is 36.4 Å². The number of nitrogens with zero attached hydrogens (tertiary/aromatic N) is 4. The van der Waals surface area contributed by atoms with E-state index < -0.39 is 0 Å². The Morgan fingerprint density at radius 3 is 2.53 bits per heavy atom. The van der Waals surface area contributed by atoms with E-state index >= 15 is 0 Å². The molecule has 0 radical (unpaired) electrons. The number of likely N-dealkylation sites (N-methyl/N-ethyl adjacent to an activating group) is 1. The minimum absolute atomic E-state index is 0.0124. The van der Waals surface area contributed by atoms with E-state index in [1.54, 1.807) is 0 Å². The minimum atomic E-state index is 0.0124. The first-order chi connectivity index (χ1) is 15.3. The van der Waals surface area contributed by atoms with Gasteiger partial charge in [0.25, 0.3) is 0 Å². The lowest BCUT2D eigenvalue weighted by Gasteiger charge is -2.29. The van der Waals surface area contributed by atoms with Crippen molar-refractivity contribution in [2.24, 2.45) is 0 Å². The number of pyridine rings is 1. The third-order valence-electron chi connectivity index (χ3n) is 6.38. The van der Waals surface area contributed by atoms with Gasteiger partial charge in [0.15, 0.2) is 5.11 Å². The van der Waals surface area contributed by atoms with Crippen molar-refractivity contribution in [3.05, 3.63) is 82.4 Å². The number of rotatable bonds is 6. The van der Waals surface area contributed by atoms with E-state index in [9.17, 15) is 0 Å². The maximum absolute atomic E-state index is 5.82. The molecule has 6 heteroatoms. The zero-order valence-electron chi connectivity index (χ0n) is 19.9. The Kier molecular flexibility index (Phi) is 6.35. The summed E-state index contributed by atoms with van der Waals surface area (Å²) >= 11 is 5.82. The van der Waals surface area contributed by atoms with Crippen LogP contribution < -0.4 is 5.32 Å². The molecule has 168 valence electrons. The number of nitrogens with one attached hydrogen (secondary N) is 1. The zero-order chi connectivity index (χ0) is 23.0. The second-order valence-corrected chi connectivity index (χ2v) is 9.46. The summed E-state index contributed by atoms with van der Waals surface area (Å²) in [4.78, 5) is 9.22. The smallest absolute Gasteiger partial charge is 0.170 e. The summed E-state index contributed by atoms with van der Waals surface area (Å²) in [5, 5.41) is 4.37. The number of hydrogen-bond acceptors (Lipinski definition) is 3. The average Bonchev–Trinajstić information content (AvgIpc) is 3.24. The summed E-state index contributed by atoms with van der Waals surface area (Å²) < 4.78 is 2.39. The van der Waals surface area contributed by atoms with E-state index in [4.69, 9.17) is 12.2 Å². The molecule has 3 aromatic rings. The number of aryl methyl sites for hydroxylation is 3. The van der Waals surface area contributed by atoms with Crippen LogP contribution in [0.2, 0.25) is 0 Å². The van der Waals surface area contributed by atoms with Crippen LogP contribution in [0.25, 0.3) is 5.69 Å². The maximum Gasteiger partial charge on any atom is 0.170 e. The molecule has 1 aromatic carbocycles. The van der Waals surface area contributed by atoms with E-state index in [2.05, 4.69) is 96.8 Å². The first-order valence-corrected chi connectivity index (χ1v) is 11.6. The largest absolute Gasteiger partial charge is 0.352 e. The lowest BCUT2D eigenvalue weighted by Crippen LogP contribution is -2.35. The summed E-state index contributed by atoms with van der Waals surface area (Å²) in [5.41, 5.74) is 8.58. The predicted molar refractivity (Wildman–Crippen MR) is 135 cm³/mol. The topological polar surface area (TPSA) is 36.3 Å². The van der Waals surface area contributed by atoms with Gasteiger partial charge in [-0.2, -0.15) is 0 Å².